The predicted molar refractivity (Wildman–Crippen MR) is 134 cm³/mol. The van der Waals surface area contributed by atoms with Crippen LogP contribution in [0.5, 0.6) is 0 Å². The van der Waals surface area contributed by atoms with E-state index >= 15 is 0 Å². The van der Waals surface area contributed by atoms with Crippen molar-refractivity contribution in [2.24, 2.45) is 0 Å². The number of thioether (sulfide) groups is 1. The number of carbonyl (C=O) groups excluding carboxylic acids is 3. The molecule has 6 nitrogen and oxygen atoms in total. The average molecular weight is 473 g/mol. The second-order valence-corrected chi connectivity index (χ2v) is 8.83. The quantitative estimate of drug-likeness (QED) is 0.342. The van der Waals surface area contributed by atoms with Crippen molar-refractivity contribution in [2.45, 2.75) is 25.2 Å². The zero-order valence-corrected chi connectivity index (χ0v) is 19.7. The van der Waals surface area contributed by atoms with E-state index in [2.05, 4.69) is 5.32 Å². The van der Waals surface area contributed by atoms with Gasteiger partial charge in [-0.1, -0.05) is 49.0 Å². The third kappa shape index (κ3) is 5.05. The van der Waals surface area contributed by atoms with E-state index in [0.29, 0.717) is 22.8 Å². The molecule has 0 saturated carbocycles. The molecule has 3 aromatic carbocycles. The summed E-state index contributed by atoms with van der Waals surface area (Å²) in [4.78, 5) is 41.3. The van der Waals surface area contributed by atoms with Crippen LogP contribution in [0.4, 0.5) is 11.4 Å². The number of nitrogens with one attached hydrogen (secondary N) is 1. The van der Waals surface area contributed by atoms with E-state index < -0.39 is 17.8 Å². The molecule has 3 aromatic rings. The lowest BCUT2D eigenvalue weighted by molar-refractivity contribution is -0.120. The van der Waals surface area contributed by atoms with Crippen LogP contribution in [-0.2, 0) is 14.3 Å². The van der Waals surface area contributed by atoms with Gasteiger partial charge in [0.15, 0.2) is 0 Å². The van der Waals surface area contributed by atoms with Gasteiger partial charge in [0, 0.05) is 10.6 Å². The van der Waals surface area contributed by atoms with Crippen LogP contribution in [0.3, 0.4) is 0 Å². The third-order valence-corrected chi connectivity index (χ3v) is 6.18. The zero-order chi connectivity index (χ0) is 24.1. The molecule has 0 spiro atoms. The van der Waals surface area contributed by atoms with Crippen LogP contribution >= 0.6 is 11.8 Å². The number of aryl methyl sites for hydroxylation is 1. The van der Waals surface area contributed by atoms with Gasteiger partial charge in [-0.3, -0.25) is 9.59 Å². The van der Waals surface area contributed by atoms with Crippen LogP contribution in [0.25, 0.3) is 0 Å². The first-order chi connectivity index (χ1) is 16.5. The molecule has 0 atom stereocenters. The van der Waals surface area contributed by atoms with E-state index in [1.54, 1.807) is 24.3 Å². The summed E-state index contributed by atoms with van der Waals surface area (Å²) in [7, 11) is 0. The van der Waals surface area contributed by atoms with E-state index in [9.17, 15) is 14.4 Å². The summed E-state index contributed by atoms with van der Waals surface area (Å²) in [5, 5.41) is 3.16. The summed E-state index contributed by atoms with van der Waals surface area (Å²) in [6, 6.07) is 23.3. The Morgan fingerprint density at radius 2 is 1.68 bits per heavy atom. The van der Waals surface area contributed by atoms with Crippen LogP contribution in [-0.4, -0.2) is 24.4 Å². The molecule has 172 valence electrons. The Labute approximate surface area is 202 Å². The lowest BCUT2D eigenvalue weighted by Gasteiger charge is -2.16. The molecule has 34 heavy (non-hydrogen) atoms. The number of esters is 1. The lowest BCUT2D eigenvalue weighted by atomic mass is 10.2. The third-order valence-electron chi connectivity index (χ3n) is 5.09. The van der Waals surface area contributed by atoms with E-state index in [4.69, 9.17) is 4.74 Å². The van der Waals surface area contributed by atoms with Crippen molar-refractivity contribution in [3.05, 3.63) is 101 Å². The SMILES string of the molecule is CCCOC(=O)c1ccc(N2C(=O)C(Nc3cccc(C)c3)=C(Sc3ccccc3)C2=O)cc1. The molecule has 0 bridgehead atoms. The van der Waals surface area contributed by atoms with Crippen LogP contribution in [0.2, 0.25) is 0 Å². The maximum Gasteiger partial charge on any atom is 0.338 e. The fraction of sp³-hybridized carbons (Fsp3) is 0.148. The second-order valence-electron chi connectivity index (χ2n) is 7.74. The van der Waals surface area contributed by atoms with Crippen molar-refractivity contribution in [1.82, 2.24) is 0 Å². The first kappa shape index (κ1) is 23.3. The molecule has 0 aromatic heterocycles. The van der Waals surface area contributed by atoms with E-state index in [-0.39, 0.29) is 5.70 Å². The number of imide groups is 1. The van der Waals surface area contributed by atoms with Crippen molar-refractivity contribution in [3.8, 4) is 0 Å². The fourth-order valence-corrected chi connectivity index (χ4v) is 4.40. The number of rotatable bonds is 8. The molecule has 0 aliphatic carbocycles. The fourth-order valence-electron chi connectivity index (χ4n) is 3.45. The highest BCUT2D eigenvalue weighted by Crippen LogP contribution is 2.37. The maximum absolute atomic E-state index is 13.4. The van der Waals surface area contributed by atoms with E-state index in [1.807, 2.05) is 68.4 Å². The van der Waals surface area contributed by atoms with Crippen molar-refractivity contribution < 1.29 is 19.1 Å². The normalized spacial score (nSPS) is 13.4. The van der Waals surface area contributed by atoms with Crippen molar-refractivity contribution in [3.63, 3.8) is 0 Å². The number of carbonyl (C=O) groups is 3. The van der Waals surface area contributed by atoms with Gasteiger partial charge in [-0.05, 0) is 67.4 Å². The average Bonchev–Trinajstić information content (AvgIpc) is 3.07. The number of benzene rings is 3. The largest absolute Gasteiger partial charge is 0.462 e. The molecule has 0 saturated heterocycles. The Kier molecular flexibility index (Phi) is 7.13. The highest BCUT2D eigenvalue weighted by Gasteiger charge is 2.40. The Morgan fingerprint density at radius 3 is 2.35 bits per heavy atom. The Bertz CT molecular complexity index is 1250. The van der Waals surface area contributed by atoms with Crippen molar-refractivity contribution >= 4 is 40.9 Å². The van der Waals surface area contributed by atoms with Gasteiger partial charge in [0.1, 0.15) is 10.6 Å². The first-order valence-electron chi connectivity index (χ1n) is 10.9. The lowest BCUT2D eigenvalue weighted by Crippen LogP contribution is -2.32. The molecule has 4 rings (SSSR count). The number of hydrogen-bond donors (Lipinski definition) is 1. The number of ether oxygens (including phenoxy) is 1. The summed E-state index contributed by atoms with van der Waals surface area (Å²) in [6.45, 7) is 4.21. The number of amides is 2. The molecular weight excluding hydrogens is 448 g/mol. The summed E-state index contributed by atoms with van der Waals surface area (Å²) in [5.74, 6) is -1.31. The molecule has 1 heterocycles. The first-order valence-corrected chi connectivity index (χ1v) is 11.8. The topological polar surface area (TPSA) is 75.7 Å². The Balaban J connectivity index is 1.65. The van der Waals surface area contributed by atoms with Gasteiger partial charge in [-0.25, -0.2) is 9.69 Å². The molecule has 1 aliphatic heterocycles. The smallest absolute Gasteiger partial charge is 0.338 e. The number of hydrogen-bond acceptors (Lipinski definition) is 6. The number of anilines is 2. The van der Waals surface area contributed by atoms with Crippen LogP contribution < -0.4 is 10.2 Å². The highest BCUT2D eigenvalue weighted by atomic mass is 32.2. The van der Waals surface area contributed by atoms with Crippen LogP contribution in [0.15, 0.2) is 94.4 Å². The Hall–Kier alpha value is -3.84. The standard InChI is InChI=1S/C27H24N2O4S/c1-3-16-33-27(32)19-12-14-21(15-13-19)29-25(30)23(28-20-9-7-8-18(2)17-20)24(26(29)31)34-22-10-5-4-6-11-22/h4-15,17,28H,3,16H2,1-2H3. The molecular formula is C27H24N2O4S. The van der Waals surface area contributed by atoms with Crippen molar-refractivity contribution in [1.29, 1.82) is 0 Å². The van der Waals surface area contributed by atoms with Gasteiger partial charge in [0.25, 0.3) is 11.8 Å². The van der Waals surface area contributed by atoms with Gasteiger partial charge in [-0.2, -0.15) is 0 Å². The van der Waals surface area contributed by atoms with Crippen LogP contribution in [0.1, 0.15) is 29.3 Å². The minimum absolute atomic E-state index is 0.218. The summed E-state index contributed by atoms with van der Waals surface area (Å²) in [6.07, 6.45) is 0.727. The van der Waals surface area contributed by atoms with Gasteiger partial charge >= 0.3 is 5.97 Å². The van der Waals surface area contributed by atoms with E-state index in [1.165, 1.54) is 11.8 Å². The monoisotopic (exact) mass is 472 g/mol. The van der Waals surface area contributed by atoms with E-state index in [0.717, 1.165) is 27.5 Å². The maximum atomic E-state index is 13.4. The zero-order valence-electron chi connectivity index (χ0n) is 18.9. The summed E-state index contributed by atoms with van der Waals surface area (Å²) < 4.78 is 5.15. The van der Waals surface area contributed by atoms with Gasteiger partial charge in [0.2, 0.25) is 0 Å². The summed E-state index contributed by atoms with van der Waals surface area (Å²) in [5.41, 5.74) is 2.71. The second kappa shape index (κ2) is 10.4. The van der Waals surface area contributed by atoms with Gasteiger partial charge < -0.3 is 10.1 Å². The molecule has 1 aliphatic rings. The minimum atomic E-state index is -0.453. The number of nitrogens with zero attached hydrogens (tertiary/aromatic N) is 1. The molecule has 0 fully saturated rings. The minimum Gasteiger partial charge on any atom is -0.462 e. The van der Waals surface area contributed by atoms with Gasteiger partial charge in [0.05, 0.1) is 17.9 Å². The Morgan fingerprint density at radius 1 is 0.941 bits per heavy atom. The van der Waals surface area contributed by atoms with Crippen molar-refractivity contribution in [2.75, 3.05) is 16.8 Å². The summed E-state index contributed by atoms with van der Waals surface area (Å²) >= 11 is 1.24. The molecule has 0 unspecified atom stereocenters. The van der Waals surface area contributed by atoms with Gasteiger partial charge in [-0.15, -0.1) is 0 Å². The molecule has 2 amide bonds. The molecule has 0 radical (unpaired) electrons. The molecule has 1 N–H and O–H groups in total. The molecule has 7 heteroatoms. The van der Waals surface area contributed by atoms with Crippen LogP contribution in [0, 0.1) is 6.92 Å². The highest BCUT2D eigenvalue weighted by molar-refractivity contribution is 8.04. The predicted octanol–water partition coefficient (Wildman–Crippen LogP) is 5.55.